The highest BCUT2D eigenvalue weighted by Gasteiger charge is 2.19. The molecule has 1 saturated heterocycles. The quantitative estimate of drug-likeness (QED) is 0.548. The Morgan fingerprint density at radius 2 is 1.89 bits per heavy atom. The lowest BCUT2D eigenvalue weighted by molar-refractivity contribution is 0.221. The molecule has 1 N–H and O–H groups in total. The van der Waals surface area contributed by atoms with Crippen molar-refractivity contribution in [3.63, 3.8) is 0 Å². The molecule has 0 spiro atoms. The number of nitrogens with one attached hydrogen (secondary N) is 1. The molecule has 1 aliphatic heterocycles. The van der Waals surface area contributed by atoms with Crippen molar-refractivity contribution < 1.29 is 13.5 Å². The Bertz CT molecular complexity index is 931. The number of anilines is 1. The number of hydrogen-bond donors (Lipinski definition) is 1. The molecule has 0 radical (unpaired) electrons. The monoisotopic (exact) mass is 449 g/mol. The number of H-pyrrole nitrogens is 1. The van der Waals surface area contributed by atoms with Crippen molar-refractivity contribution in [2.75, 3.05) is 44.2 Å². The summed E-state index contributed by atoms with van der Waals surface area (Å²) in [6.45, 7) is 5.20. The van der Waals surface area contributed by atoms with Gasteiger partial charge in [-0.05, 0) is 46.6 Å². The fourth-order valence-corrected chi connectivity index (χ4v) is 4.21. The summed E-state index contributed by atoms with van der Waals surface area (Å²) in [5.41, 5.74) is 2.44. The Morgan fingerprint density at radius 1 is 1.07 bits per heavy atom. The minimum Gasteiger partial charge on any atom is -0.489 e. The molecule has 1 aromatic heterocycles. The summed E-state index contributed by atoms with van der Waals surface area (Å²) in [6.07, 6.45) is 2.77. The smallest absolute Gasteiger partial charge is 0.169 e. The molecule has 28 heavy (non-hydrogen) atoms. The summed E-state index contributed by atoms with van der Waals surface area (Å²) in [5, 5.41) is 1.26. The van der Waals surface area contributed by atoms with Gasteiger partial charge in [0, 0.05) is 61.6 Å². The van der Waals surface area contributed by atoms with E-state index in [2.05, 4.69) is 55.0 Å². The zero-order valence-electron chi connectivity index (χ0n) is 15.4. The molecule has 0 amide bonds. The van der Waals surface area contributed by atoms with Crippen LogP contribution in [0.15, 0.2) is 47.1 Å². The molecule has 3 aromatic rings. The number of hydrogen-bond acceptors (Lipinski definition) is 3. The topological polar surface area (TPSA) is 31.5 Å². The Hall–Kier alpha value is -2.12. The zero-order valence-corrected chi connectivity index (χ0v) is 17.0. The van der Waals surface area contributed by atoms with E-state index in [0.717, 1.165) is 50.7 Å². The van der Waals surface area contributed by atoms with Gasteiger partial charge in [0.2, 0.25) is 0 Å². The molecule has 0 bridgehead atoms. The van der Waals surface area contributed by atoms with Gasteiger partial charge in [-0.2, -0.15) is 0 Å². The van der Waals surface area contributed by atoms with Gasteiger partial charge >= 0.3 is 0 Å². The van der Waals surface area contributed by atoms with Gasteiger partial charge in [0.15, 0.2) is 11.6 Å². The lowest BCUT2D eigenvalue weighted by Gasteiger charge is -2.36. The number of ether oxygens (including phenoxy) is 1. The molecular formula is C21H22BrF2N3O. The fraction of sp³-hybridized carbons (Fsp3) is 0.333. The number of halogens is 3. The number of aromatic nitrogens is 1. The van der Waals surface area contributed by atoms with Crippen LogP contribution in [0.3, 0.4) is 0 Å². The predicted molar refractivity (Wildman–Crippen MR) is 111 cm³/mol. The second kappa shape index (κ2) is 8.49. The van der Waals surface area contributed by atoms with E-state index < -0.39 is 11.6 Å². The molecular weight excluding hydrogens is 428 g/mol. The van der Waals surface area contributed by atoms with E-state index in [1.807, 2.05) is 6.20 Å². The molecule has 0 unspecified atom stereocenters. The molecule has 7 heteroatoms. The Morgan fingerprint density at radius 3 is 2.68 bits per heavy atom. The minimum atomic E-state index is -0.681. The van der Waals surface area contributed by atoms with Gasteiger partial charge in [-0.1, -0.05) is 6.07 Å². The molecule has 4 rings (SSSR count). The summed E-state index contributed by atoms with van der Waals surface area (Å²) in [7, 11) is 0. The van der Waals surface area contributed by atoms with Crippen LogP contribution in [-0.2, 0) is 0 Å². The molecule has 0 saturated carbocycles. The van der Waals surface area contributed by atoms with Crippen LogP contribution in [0.5, 0.6) is 5.75 Å². The molecule has 4 nitrogen and oxygen atoms in total. The first-order valence-electron chi connectivity index (χ1n) is 9.42. The summed E-state index contributed by atoms with van der Waals surface area (Å²) in [5.74, 6) is -1.23. The highest BCUT2D eigenvalue weighted by Crippen LogP contribution is 2.29. The van der Waals surface area contributed by atoms with Crippen LogP contribution in [-0.4, -0.2) is 49.2 Å². The van der Waals surface area contributed by atoms with Crippen molar-refractivity contribution in [1.82, 2.24) is 9.88 Å². The third kappa shape index (κ3) is 4.15. The van der Waals surface area contributed by atoms with Crippen LogP contribution in [0.4, 0.5) is 14.5 Å². The first-order chi connectivity index (χ1) is 13.6. The molecule has 0 atom stereocenters. The third-order valence-electron chi connectivity index (χ3n) is 5.11. The normalized spacial score (nSPS) is 15.3. The number of aromatic amines is 1. The molecule has 1 fully saturated rings. The largest absolute Gasteiger partial charge is 0.489 e. The highest BCUT2D eigenvalue weighted by molar-refractivity contribution is 9.10. The number of piperazine rings is 1. The molecule has 148 valence electrons. The second-order valence-corrected chi connectivity index (χ2v) is 7.80. The first kappa shape index (κ1) is 19.2. The van der Waals surface area contributed by atoms with Gasteiger partial charge in [0.05, 0.1) is 11.1 Å². The van der Waals surface area contributed by atoms with Gasteiger partial charge in [-0.15, -0.1) is 0 Å². The lowest BCUT2D eigenvalue weighted by Crippen LogP contribution is -2.46. The fourth-order valence-electron chi connectivity index (χ4n) is 3.69. The number of benzene rings is 2. The van der Waals surface area contributed by atoms with Gasteiger partial charge in [-0.3, -0.25) is 4.90 Å². The zero-order chi connectivity index (χ0) is 19.5. The van der Waals surface area contributed by atoms with Crippen molar-refractivity contribution >= 4 is 32.5 Å². The first-order valence-corrected chi connectivity index (χ1v) is 10.2. The Labute approximate surface area is 171 Å². The molecule has 2 heterocycles. The van der Waals surface area contributed by atoms with Crippen molar-refractivity contribution in [2.45, 2.75) is 6.42 Å². The Kier molecular flexibility index (Phi) is 5.82. The van der Waals surface area contributed by atoms with E-state index >= 15 is 0 Å². The van der Waals surface area contributed by atoms with E-state index in [1.165, 1.54) is 17.1 Å². The predicted octanol–water partition coefficient (Wildman–Crippen LogP) is 4.80. The van der Waals surface area contributed by atoms with Crippen LogP contribution in [0, 0.1) is 11.6 Å². The highest BCUT2D eigenvalue weighted by atomic mass is 79.9. The van der Waals surface area contributed by atoms with Gasteiger partial charge in [-0.25, -0.2) is 8.78 Å². The molecule has 2 aromatic carbocycles. The van der Waals surface area contributed by atoms with E-state index in [-0.39, 0.29) is 5.75 Å². The van der Waals surface area contributed by atoms with Crippen molar-refractivity contribution in [1.29, 1.82) is 0 Å². The number of rotatable bonds is 6. The van der Waals surface area contributed by atoms with E-state index in [1.54, 1.807) is 0 Å². The summed E-state index contributed by atoms with van der Waals surface area (Å²) >= 11 is 3.15. The maximum Gasteiger partial charge on any atom is 0.169 e. The van der Waals surface area contributed by atoms with Crippen LogP contribution in [0.25, 0.3) is 10.9 Å². The van der Waals surface area contributed by atoms with E-state index in [9.17, 15) is 8.78 Å². The summed E-state index contributed by atoms with van der Waals surface area (Å²) < 4.78 is 32.7. The van der Waals surface area contributed by atoms with Gasteiger partial charge < -0.3 is 14.6 Å². The van der Waals surface area contributed by atoms with Crippen molar-refractivity contribution in [3.05, 3.63) is 58.7 Å². The summed E-state index contributed by atoms with van der Waals surface area (Å²) in [4.78, 5) is 8.09. The van der Waals surface area contributed by atoms with Crippen LogP contribution >= 0.6 is 15.9 Å². The van der Waals surface area contributed by atoms with Crippen LogP contribution in [0.1, 0.15) is 6.42 Å². The van der Waals surface area contributed by atoms with Crippen molar-refractivity contribution in [3.8, 4) is 5.75 Å². The number of nitrogens with zero attached hydrogens (tertiary/aromatic N) is 2. The average Bonchev–Trinajstić information content (AvgIpc) is 3.16. The van der Waals surface area contributed by atoms with Gasteiger partial charge in [0.1, 0.15) is 5.82 Å². The lowest BCUT2D eigenvalue weighted by atomic mass is 10.1. The Balaban J connectivity index is 1.25. The molecule has 0 aliphatic carbocycles. The average molecular weight is 450 g/mol. The minimum absolute atomic E-state index is 0.0748. The summed E-state index contributed by atoms with van der Waals surface area (Å²) in [6, 6.07) is 10.5. The maximum atomic E-state index is 13.8. The van der Waals surface area contributed by atoms with E-state index in [4.69, 9.17) is 4.74 Å². The van der Waals surface area contributed by atoms with Gasteiger partial charge in [0.25, 0.3) is 0 Å². The van der Waals surface area contributed by atoms with Crippen LogP contribution in [0.2, 0.25) is 0 Å². The third-order valence-corrected chi connectivity index (χ3v) is 5.70. The van der Waals surface area contributed by atoms with Crippen LogP contribution < -0.4 is 9.64 Å². The van der Waals surface area contributed by atoms with E-state index in [0.29, 0.717) is 11.1 Å². The standard InChI is InChI=1S/C21H22BrF2N3O/c22-17-13-15(23)14-18(24)21(17)28-12-2-7-26-8-10-27(11-9-26)20-4-1-3-19-16(20)5-6-25-19/h1,3-6,13-14,25H,2,7-12H2. The number of fused-ring (bicyclic) bond motifs is 1. The van der Waals surface area contributed by atoms with Crippen molar-refractivity contribution in [2.24, 2.45) is 0 Å². The second-order valence-electron chi connectivity index (χ2n) is 6.95. The maximum absolute atomic E-state index is 13.8. The molecule has 1 aliphatic rings. The SMILES string of the molecule is Fc1cc(F)c(OCCCN2CCN(c3cccc4[nH]ccc34)CC2)c(Br)c1.